The lowest BCUT2D eigenvalue weighted by Crippen LogP contribution is -2.24. The van der Waals surface area contributed by atoms with Gasteiger partial charge in [-0.15, -0.1) is 6.58 Å². The number of rotatable bonds is 0. The average molecular weight is 221 g/mol. The van der Waals surface area contributed by atoms with E-state index in [-0.39, 0.29) is 0 Å². The molecule has 0 aliphatic rings. The normalized spacial score (nSPS) is 8.25. The second kappa shape index (κ2) is 19.2. The lowest BCUT2D eigenvalue weighted by molar-refractivity contribution is 1.23. The van der Waals surface area contributed by atoms with Crippen LogP contribution in [0, 0.1) is 0 Å². The van der Waals surface area contributed by atoms with E-state index in [2.05, 4.69) is 18.1 Å². The summed E-state index contributed by atoms with van der Waals surface area (Å²) in [4.78, 5) is 4.01. The van der Waals surface area contributed by atoms with Crippen LogP contribution in [-0.4, -0.2) is 4.98 Å². The van der Waals surface area contributed by atoms with Gasteiger partial charge in [-0.05, 0) is 25.1 Å². The van der Waals surface area contributed by atoms with Crippen LogP contribution in [0.4, 0.5) is 0 Å². The van der Waals surface area contributed by atoms with Gasteiger partial charge in [0.2, 0.25) is 0 Å². The van der Waals surface area contributed by atoms with Crippen molar-refractivity contribution in [3.05, 3.63) is 41.6 Å². The van der Waals surface area contributed by atoms with Gasteiger partial charge in [0.25, 0.3) is 0 Å². The van der Waals surface area contributed by atoms with Crippen LogP contribution in [0.1, 0.15) is 41.5 Å². The summed E-state index contributed by atoms with van der Waals surface area (Å²) in [6.07, 6.45) is 5.49. The van der Waals surface area contributed by atoms with E-state index in [0.717, 1.165) is 10.6 Å². The maximum Gasteiger partial charge on any atom is 0.0626 e. The highest BCUT2D eigenvalue weighted by Crippen LogP contribution is 1.63. The molecule has 0 saturated heterocycles. The van der Waals surface area contributed by atoms with Crippen LogP contribution in [0.2, 0.25) is 0 Å². The van der Waals surface area contributed by atoms with E-state index in [1.54, 1.807) is 12.3 Å². The van der Waals surface area contributed by atoms with Gasteiger partial charge in [0.1, 0.15) is 0 Å². The SMILES string of the molecule is C=CC.C=c1nccc/c1=C/C.CC.CC. The summed E-state index contributed by atoms with van der Waals surface area (Å²) < 4.78 is 0. The molecule has 0 radical (unpaired) electrons. The quantitative estimate of drug-likeness (QED) is 0.611. The van der Waals surface area contributed by atoms with Gasteiger partial charge in [-0.25, -0.2) is 0 Å². The Labute approximate surface area is 101 Å². The van der Waals surface area contributed by atoms with Crippen molar-refractivity contribution in [1.29, 1.82) is 0 Å². The second-order valence-electron chi connectivity index (χ2n) is 2.24. The molecule has 0 atom stereocenters. The molecule has 0 fully saturated rings. The van der Waals surface area contributed by atoms with Gasteiger partial charge in [0, 0.05) is 6.20 Å². The molecule has 0 aliphatic heterocycles. The summed E-state index contributed by atoms with van der Waals surface area (Å²) in [5, 5.41) is 1.96. The minimum absolute atomic E-state index is 0.847. The van der Waals surface area contributed by atoms with Crippen LogP contribution >= 0.6 is 0 Å². The summed E-state index contributed by atoms with van der Waals surface area (Å²) in [6, 6.07) is 3.90. The minimum Gasteiger partial charge on any atom is -0.257 e. The predicted molar refractivity (Wildman–Crippen MR) is 77.7 cm³/mol. The van der Waals surface area contributed by atoms with E-state index in [1.165, 1.54) is 0 Å². The van der Waals surface area contributed by atoms with Crippen molar-refractivity contribution in [2.24, 2.45) is 0 Å². The lowest BCUT2D eigenvalue weighted by atomic mass is 10.3. The van der Waals surface area contributed by atoms with Crippen molar-refractivity contribution in [1.82, 2.24) is 4.98 Å². The molecule has 1 aromatic heterocycles. The van der Waals surface area contributed by atoms with E-state index in [1.807, 2.05) is 59.8 Å². The van der Waals surface area contributed by atoms with Crippen molar-refractivity contribution in [2.75, 3.05) is 0 Å². The van der Waals surface area contributed by atoms with E-state index >= 15 is 0 Å². The monoisotopic (exact) mass is 221 g/mol. The van der Waals surface area contributed by atoms with Crippen LogP contribution in [0.5, 0.6) is 0 Å². The van der Waals surface area contributed by atoms with Crippen LogP contribution in [0.15, 0.2) is 31.0 Å². The molecule has 0 spiro atoms. The maximum absolute atomic E-state index is 4.01. The van der Waals surface area contributed by atoms with Crippen molar-refractivity contribution in [3.63, 3.8) is 0 Å². The highest BCUT2D eigenvalue weighted by molar-refractivity contribution is 5.19. The zero-order valence-corrected chi connectivity index (χ0v) is 11.7. The Morgan fingerprint density at radius 2 is 1.56 bits per heavy atom. The standard InChI is InChI=1S/C8H9N.C3H6.2C2H6/c1-3-8-5-4-6-9-7(8)2;1-3-2;2*1-2/h3-6H,2H2,1H3;3H,1H2,2H3;2*1-2H3/b8-3-;;;. The van der Waals surface area contributed by atoms with E-state index in [9.17, 15) is 0 Å². The van der Waals surface area contributed by atoms with Gasteiger partial charge in [-0.1, -0.05) is 52.5 Å². The number of hydrogen-bond donors (Lipinski definition) is 0. The Hall–Kier alpha value is -1.37. The molecule has 0 saturated carbocycles. The number of allylic oxidation sites excluding steroid dienone is 1. The van der Waals surface area contributed by atoms with Crippen LogP contribution in [-0.2, 0) is 0 Å². The molecule has 92 valence electrons. The Morgan fingerprint density at radius 1 is 1.12 bits per heavy atom. The molecule has 1 aromatic rings. The van der Waals surface area contributed by atoms with Gasteiger partial charge >= 0.3 is 0 Å². The van der Waals surface area contributed by atoms with Crippen molar-refractivity contribution in [2.45, 2.75) is 41.5 Å². The first-order valence-corrected chi connectivity index (χ1v) is 5.89. The van der Waals surface area contributed by atoms with Crippen molar-refractivity contribution in [3.8, 4) is 0 Å². The van der Waals surface area contributed by atoms with Gasteiger partial charge in [-0.2, -0.15) is 0 Å². The van der Waals surface area contributed by atoms with Crippen LogP contribution in [0.3, 0.4) is 0 Å². The fourth-order valence-corrected chi connectivity index (χ4v) is 0.713. The summed E-state index contributed by atoms with van der Waals surface area (Å²) >= 11 is 0. The third-order valence-electron chi connectivity index (χ3n) is 1.24. The lowest BCUT2D eigenvalue weighted by Gasteiger charge is -1.82. The highest BCUT2D eigenvalue weighted by atomic mass is 14.6. The maximum atomic E-state index is 4.01. The first-order chi connectivity index (χ1) is 7.76. The summed E-state index contributed by atoms with van der Waals surface area (Å²) in [7, 11) is 0. The topological polar surface area (TPSA) is 12.9 Å². The molecular formula is C15H27N. The van der Waals surface area contributed by atoms with Crippen LogP contribution < -0.4 is 10.6 Å². The van der Waals surface area contributed by atoms with Gasteiger partial charge in [0.05, 0.1) is 5.35 Å². The van der Waals surface area contributed by atoms with Gasteiger partial charge < -0.3 is 0 Å². The Morgan fingerprint density at radius 3 is 1.81 bits per heavy atom. The Kier molecular flexibility index (Phi) is 24.2. The molecule has 0 aromatic carbocycles. The van der Waals surface area contributed by atoms with Crippen molar-refractivity contribution < 1.29 is 0 Å². The van der Waals surface area contributed by atoms with Gasteiger partial charge in [0.15, 0.2) is 0 Å². The zero-order chi connectivity index (χ0) is 13.4. The zero-order valence-electron chi connectivity index (χ0n) is 11.7. The molecule has 0 unspecified atom stereocenters. The van der Waals surface area contributed by atoms with Crippen LogP contribution in [0.25, 0.3) is 12.7 Å². The van der Waals surface area contributed by atoms with E-state index in [0.29, 0.717) is 0 Å². The molecule has 0 bridgehead atoms. The fraction of sp³-hybridized carbons (Fsp3) is 0.400. The molecule has 1 heteroatoms. The van der Waals surface area contributed by atoms with Crippen molar-refractivity contribution >= 4 is 12.7 Å². The Bertz CT molecular complexity index is 326. The third-order valence-corrected chi connectivity index (χ3v) is 1.24. The predicted octanol–water partition coefficient (Wildman–Crippen LogP) is 3.54. The largest absolute Gasteiger partial charge is 0.257 e. The van der Waals surface area contributed by atoms with Gasteiger partial charge in [-0.3, -0.25) is 4.98 Å². The molecule has 1 nitrogen and oxygen atoms in total. The molecular weight excluding hydrogens is 194 g/mol. The number of pyridine rings is 1. The molecule has 0 aliphatic carbocycles. The Balaban J connectivity index is -0.000000206. The van der Waals surface area contributed by atoms with E-state index < -0.39 is 0 Å². The number of hydrogen-bond acceptors (Lipinski definition) is 1. The summed E-state index contributed by atoms with van der Waals surface area (Å²) in [5.74, 6) is 0. The second-order valence-corrected chi connectivity index (χ2v) is 2.24. The summed E-state index contributed by atoms with van der Waals surface area (Å²) in [6.45, 7) is 19.0. The first-order valence-electron chi connectivity index (χ1n) is 5.89. The molecule has 1 heterocycles. The molecule has 0 N–H and O–H groups in total. The highest BCUT2D eigenvalue weighted by Gasteiger charge is 1.75. The van der Waals surface area contributed by atoms with E-state index in [4.69, 9.17) is 0 Å². The first kappa shape index (κ1) is 20.1. The smallest absolute Gasteiger partial charge is 0.0626 e. The average Bonchev–Trinajstić information content (AvgIpc) is 2.36. The molecule has 0 amide bonds. The third kappa shape index (κ3) is 12.6. The fourth-order valence-electron chi connectivity index (χ4n) is 0.713. The minimum atomic E-state index is 0.847. The molecule has 1 rings (SSSR count). The molecule has 16 heavy (non-hydrogen) atoms. The number of aromatic nitrogens is 1. The number of nitrogens with zero attached hydrogens (tertiary/aromatic N) is 1. The summed E-state index contributed by atoms with van der Waals surface area (Å²) in [5.41, 5.74) is 0.